The molecule has 18 heavy (non-hydrogen) atoms. The maximum atomic E-state index is 13.4. The maximum absolute atomic E-state index is 13.4. The molecule has 1 aromatic rings. The van der Waals surface area contributed by atoms with Gasteiger partial charge in [0.05, 0.1) is 24.8 Å². The molecule has 1 aliphatic rings. The Morgan fingerprint density at radius 3 is 3.17 bits per heavy atom. The van der Waals surface area contributed by atoms with Crippen molar-refractivity contribution in [1.82, 2.24) is 5.32 Å². The lowest BCUT2D eigenvalue weighted by atomic mass is 10.2. The lowest BCUT2D eigenvalue weighted by Crippen LogP contribution is -2.40. The zero-order chi connectivity index (χ0) is 13.0. The molecule has 6 heteroatoms. The van der Waals surface area contributed by atoms with E-state index in [1.165, 1.54) is 18.2 Å². The number of rotatable bonds is 3. The van der Waals surface area contributed by atoms with Crippen LogP contribution in [-0.2, 0) is 9.53 Å². The summed E-state index contributed by atoms with van der Waals surface area (Å²) in [5.41, 5.74) is 0.0938. The molecule has 2 N–H and O–H groups in total. The first-order chi connectivity index (χ1) is 8.65. The van der Waals surface area contributed by atoms with E-state index in [1.54, 1.807) is 0 Å². The molecule has 0 saturated carbocycles. The fourth-order valence-corrected chi connectivity index (χ4v) is 1.92. The highest BCUT2D eigenvalue weighted by Gasteiger charge is 2.18. The van der Waals surface area contributed by atoms with Crippen LogP contribution < -0.4 is 10.6 Å². The number of halogens is 2. The van der Waals surface area contributed by atoms with E-state index in [9.17, 15) is 9.18 Å². The third-order valence-electron chi connectivity index (χ3n) is 2.62. The van der Waals surface area contributed by atoms with Gasteiger partial charge in [-0.05, 0) is 18.2 Å². The Kier molecular flexibility index (Phi) is 4.52. The number of benzene rings is 1. The molecule has 0 aliphatic carbocycles. The molecule has 1 amide bonds. The normalized spacial score (nSPS) is 19.6. The minimum Gasteiger partial charge on any atom is -0.375 e. The van der Waals surface area contributed by atoms with Crippen molar-refractivity contribution < 1.29 is 13.9 Å². The van der Waals surface area contributed by atoms with Gasteiger partial charge in [-0.1, -0.05) is 11.6 Å². The monoisotopic (exact) mass is 272 g/mol. The average molecular weight is 273 g/mol. The molecule has 0 aromatic heterocycles. The van der Waals surface area contributed by atoms with Crippen LogP contribution in [0.5, 0.6) is 0 Å². The Bertz CT molecular complexity index is 436. The van der Waals surface area contributed by atoms with Crippen LogP contribution in [-0.4, -0.2) is 31.7 Å². The van der Waals surface area contributed by atoms with Crippen LogP contribution in [0, 0.1) is 5.82 Å². The molecule has 1 aliphatic heterocycles. The summed E-state index contributed by atoms with van der Waals surface area (Å²) in [6.07, 6.45) is 0.0277. The minimum atomic E-state index is -0.504. The van der Waals surface area contributed by atoms with Crippen LogP contribution in [0.3, 0.4) is 0 Å². The first-order valence-electron chi connectivity index (χ1n) is 5.72. The van der Waals surface area contributed by atoms with E-state index >= 15 is 0 Å². The van der Waals surface area contributed by atoms with E-state index in [-0.39, 0.29) is 24.1 Å². The van der Waals surface area contributed by atoms with Crippen molar-refractivity contribution in [2.45, 2.75) is 12.5 Å². The Labute approximate surface area is 109 Å². The van der Waals surface area contributed by atoms with Gasteiger partial charge in [0.2, 0.25) is 5.91 Å². The second-order valence-corrected chi connectivity index (χ2v) is 4.51. The Morgan fingerprint density at radius 2 is 2.44 bits per heavy atom. The average Bonchev–Trinajstić information content (AvgIpc) is 2.35. The van der Waals surface area contributed by atoms with Crippen molar-refractivity contribution in [2.24, 2.45) is 0 Å². The summed E-state index contributed by atoms with van der Waals surface area (Å²) in [6.45, 7) is 2.01. The zero-order valence-electron chi connectivity index (χ0n) is 9.71. The SMILES string of the molecule is O=C(CC1CNCCO1)Nc1cc(Cl)ccc1F. The van der Waals surface area contributed by atoms with Gasteiger partial charge in [-0.2, -0.15) is 0 Å². The second-order valence-electron chi connectivity index (χ2n) is 4.07. The predicted molar refractivity (Wildman–Crippen MR) is 67.3 cm³/mol. The maximum Gasteiger partial charge on any atom is 0.227 e. The van der Waals surface area contributed by atoms with Crippen LogP contribution in [0.25, 0.3) is 0 Å². The molecular weight excluding hydrogens is 259 g/mol. The standard InChI is InChI=1S/C12H14ClFN2O2/c13-8-1-2-10(14)11(5-8)16-12(17)6-9-7-15-3-4-18-9/h1-2,5,9,15H,3-4,6-7H2,(H,16,17). The van der Waals surface area contributed by atoms with Crippen LogP contribution in [0.1, 0.15) is 6.42 Å². The van der Waals surface area contributed by atoms with Crippen molar-refractivity contribution in [2.75, 3.05) is 25.0 Å². The summed E-state index contributed by atoms with van der Waals surface area (Å²) >= 11 is 5.74. The molecule has 1 heterocycles. The number of carbonyl (C=O) groups excluding carboxylic acids is 1. The van der Waals surface area contributed by atoms with E-state index in [0.717, 1.165) is 6.54 Å². The lowest BCUT2D eigenvalue weighted by Gasteiger charge is -2.23. The van der Waals surface area contributed by atoms with Gasteiger partial charge in [0, 0.05) is 18.1 Å². The van der Waals surface area contributed by atoms with Crippen molar-refractivity contribution in [3.05, 3.63) is 29.0 Å². The number of hydrogen-bond acceptors (Lipinski definition) is 3. The molecule has 1 saturated heterocycles. The van der Waals surface area contributed by atoms with Crippen LogP contribution >= 0.6 is 11.6 Å². The van der Waals surface area contributed by atoms with Crippen molar-refractivity contribution in [3.8, 4) is 0 Å². The summed E-state index contributed by atoms with van der Waals surface area (Å²) in [7, 11) is 0. The summed E-state index contributed by atoms with van der Waals surface area (Å²) in [5, 5.41) is 5.99. The highest BCUT2D eigenvalue weighted by molar-refractivity contribution is 6.30. The molecule has 0 bridgehead atoms. The van der Waals surface area contributed by atoms with Gasteiger partial charge in [0.15, 0.2) is 0 Å². The van der Waals surface area contributed by atoms with Gasteiger partial charge in [-0.25, -0.2) is 4.39 Å². The van der Waals surface area contributed by atoms with Crippen LogP contribution in [0.2, 0.25) is 5.02 Å². The topological polar surface area (TPSA) is 50.4 Å². The van der Waals surface area contributed by atoms with Gasteiger partial charge in [-0.15, -0.1) is 0 Å². The molecule has 4 nitrogen and oxygen atoms in total. The number of ether oxygens (including phenoxy) is 1. The molecule has 0 radical (unpaired) electrons. The number of amides is 1. The summed E-state index contributed by atoms with van der Waals surface area (Å²) in [5.74, 6) is -0.791. The molecule has 1 unspecified atom stereocenters. The number of carbonyl (C=O) groups is 1. The first kappa shape index (κ1) is 13.3. The van der Waals surface area contributed by atoms with E-state index < -0.39 is 5.82 Å². The second kappa shape index (κ2) is 6.13. The highest BCUT2D eigenvalue weighted by atomic mass is 35.5. The molecule has 1 fully saturated rings. The Morgan fingerprint density at radius 1 is 1.61 bits per heavy atom. The minimum absolute atomic E-state index is 0.0938. The lowest BCUT2D eigenvalue weighted by molar-refractivity contribution is -0.119. The van der Waals surface area contributed by atoms with E-state index in [2.05, 4.69) is 10.6 Å². The fourth-order valence-electron chi connectivity index (χ4n) is 1.75. The van der Waals surface area contributed by atoms with Gasteiger partial charge in [0.25, 0.3) is 0 Å². The van der Waals surface area contributed by atoms with E-state index in [0.29, 0.717) is 18.2 Å². The summed E-state index contributed by atoms with van der Waals surface area (Å²) in [4.78, 5) is 11.7. The van der Waals surface area contributed by atoms with E-state index in [1.807, 2.05) is 0 Å². The number of anilines is 1. The summed E-state index contributed by atoms with van der Waals surface area (Å²) in [6, 6.07) is 4.03. The van der Waals surface area contributed by atoms with Crippen molar-refractivity contribution in [1.29, 1.82) is 0 Å². The number of nitrogens with one attached hydrogen (secondary N) is 2. The molecule has 1 aromatic carbocycles. The van der Waals surface area contributed by atoms with Crippen LogP contribution in [0.4, 0.5) is 10.1 Å². The van der Waals surface area contributed by atoms with Crippen molar-refractivity contribution in [3.63, 3.8) is 0 Å². The fraction of sp³-hybridized carbons (Fsp3) is 0.417. The first-order valence-corrected chi connectivity index (χ1v) is 6.10. The molecule has 0 spiro atoms. The van der Waals surface area contributed by atoms with Gasteiger partial charge >= 0.3 is 0 Å². The smallest absolute Gasteiger partial charge is 0.227 e. The number of morpholine rings is 1. The quantitative estimate of drug-likeness (QED) is 0.882. The van der Waals surface area contributed by atoms with Gasteiger partial charge in [-0.3, -0.25) is 4.79 Å². The Hall–Kier alpha value is -1.17. The Balaban J connectivity index is 1.92. The van der Waals surface area contributed by atoms with Crippen molar-refractivity contribution >= 4 is 23.2 Å². The van der Waals surface area contributed by atoms with Gasteiger partial charge < -0.3 is 15.4 Å². The third kappa shape index (κ3) is 3.66. The molecule has 98 valence electrons. The molecule has 2 rings (SSSR count). The largest absolute Gasteiger partial charge is 0.375 e. The zero-order valence-corrected chi connectivity index (χ0v) is 10.5. The third-order valence-corrected chi connectivity index (χ3v) is 2.86. The van der Waals surface area contributed by atoms with Crippen LogP contribution in [0.15, 0.2) is 18.2 Å². The number of hydrogen-bond donors (Lipinski definition) is 2. The summed E-state index contributed by atoms with van der Waals surface area (Å²) < 4.78 is 18.8. The highest BCUT2D eigenvalue weighted by Crippen LogP contribution is 2.19. The molecular formula is C12H14ClFN2O2. The van der Waals surface area contributed by atoms with E-state index in [4.69, 9.17) is 16.3 Å². The predicted octanol–water partition coefficient (Wildman–Crippen LogP) is 1.80. The van der Waals surface area contributed by atoms with Gasteiger partial charge in [0.1, 0.15) is 5.82 Å². The molecule has 1 atom stereocenters.